The lowest BCUT2D eigenvalue weighted by atomic mass is 9.89. The summed E-state index contributed by atoms with van der Waals surface area (Å²) in [5, 5.41) is 14.3. The first-order chi connectivity index (χ1) is 17.2. The second-order valence-electron chi connectivity index (χ2n) is 9.61. The number of H-pyrrole nitrogens is 1. The highest BCUT2D eigenvalue weighted by atomic mass is 16.1. The van der Waals surface area contributed by atoms with Crippen LogP contribution in [-0.4, -0.2) is 34.7 Å². The maximum absolute atomic E-state index is 13.5. The van der Waals surface area contributed by atoms with Gasteiger partial charge in [0.2, 0.25) is 0 Å². The number of aromatic nitrogens is 7. The molecule has 3 heterocycles. The number of pyridine rings is 1. The lowest BCUT2D eigenvalue weighted by Gasteiger charge is -2.22. The molecule has 5 rings (SSSR count). The van der Waals surface area contributed by atoms with Crippen molar-refractivity contribution in [3.05, 3.63) is 70.0 Å². The SMILES string of the molecule is CCCc1c(C)n(CC2CCCCC2)c(=O)n1Cc1ccc(-c2ccccc2-c2nnn[nH]2)nc1. The molecule has 1 fully saturated rings. The Balaban J connectivity index is 1.42. The zero-order valence-electron chi connectivity index (χ0n) is 20.6. The molecular formula is C27H33N7O. The van der Waals surface area contributed by atoms with Gasteiger partial charge in [-0.2, -0.15) is 0 Å². The normalized spacial score (nSPS) is 14.5. The number of imidazole rings is 1. The Morgan fingerprint density at radius 1 is 1.03 bits per heavy atom. The van der Waals surface area contributed by atoms with Crippen LogP contribution in [0.4, 0.5) is 0 Å². The quantitative estimate of drug-likeness (QED) is 0.399. The van der Waals surface area contributed by atoms with Crippen molar-refractivity contribution < 1.29 is 0 Å². The number of hydrogen-bond donors (Lipinski definition) is 1. The van der Waals surface area contributed by atoms with Crippen LogP contribution in [0.2, 0.25) is 0 Å². The minimum absolute atomic E-state index is 0.115. The van der Waals surface area contributed by atoms with E-state index in [-0.39, 0.29) is 5.69 Å². The largest absolute Gasteiger partial charge is 0.328 e. The molecule has 0 radical (unpaired) electrons. The average Bonchev–Trinajstić information content (AvgIpc) is 3.51. The van der Waals surface area contributed by atoms with E-state index in [9.17, 15) is 4.79 Å². The third-order valence-corrected chi connectivity index (χ3v) is 7.23. The van der Waals surface area contributed by atoms with Crippen molar-refractivity contribution in [3.8, 4) is 22.6 Å². The lowest BCUT2D eigenvalue weighted by Crippen LogP contribution is -2.28. The Morgan fingerprint density at radius 3 is 2.51 bits per heavy atom. The Bertz CT molecular complexity index is 1310. The predicted octanol–water partition coefficient (Wildman–Crippen LogP) is 4.78. The first kappa shape index (κ1) is 23.2. The summed E-state index contributed by atoms with van der Waals surface area (Å²) in [6.45, 7) is 5.67. The molecule has 0 atom stereocenters. The smallest absolute Gasteiger partial charge is 0.296 e. The monoisotopic (exact) mass is 471 g/mol. The summed E-state index contributed by atoms with van der Waals surface area (Å²) < 4.78 is 4.00. The summed E-state index contributed by atoms with van der Waals surface area (Å²) in [6, 6.07) is 12.0. The second-order valence-corrected chi connectivity index (χ2v) is 9.61. The number of rotatable bonds is 8. The summed E-state index contributed by atoms with van der Waals surface area (Å²) in [4.78, 5) is 18.3. The molecule has 0 amide bonds. The molecule has 0 aliphatic heterocycles. The number of aromatic amines is 1. The van der Waals surface area contributed by atoms with E-state index < -0.39 is 0 Å². The van der Waals surface area contributed by atoms with Crippen LogP contribution in [0.3, 0.4) is 0 Å². The van der Waals surface area contributed by atoms with E-state index in [0.717, 1.165) is 53.2 Å². The summed E-state index contributed by atoms with van der Waals surface area (Å²) in [7, 11) is 0. The van der Waals surface area contributed by atoms with Gasteiger partial charge in [-0.3, -0.25) is 14.1 Å². The number of nitrogens with zero attached hydrogens (tertiary/aromatic N) is 6. The van der Waals surface area contributed by atoms with Crippen LogP contribution in [0, 0.1) is 12.8 Å². The molecule has 1 N–H and O–H groups in total. The molecule has 0 spiro atoms. The molecule has 8 nitrogen and oxygen atoms in total. The fourth-order valence-electron chi connectivity index (χ4n) is 5.36. The fraction of sp³-hybridized carbons (Fsp3) is 0.444. The summed E-state index contributed by atoms with van der Waals surface area (Å²) in [5.41, 5.74) is 6.10. The molecule has 8 heteroatoms. The van der Waals surface area contributed by atoms with Crippen LogP contribution < -0.4 is 5.69 Å². The average molecular weight is 472 g/mol. The fourth-order valence-corrected chi connectivity index (χ4v) is 5.36. The highest BCUT2D eigenvalue weighted by Gasteiger charge is 2.21. The molecule has 1 aliphatic carbocycles. The van der Waals surface area contributed by atoms with E-state index in [2.05, 4.69) is 40.5 Å². The molecule has 0 bridgehead atoms. The zero-order chi connectivity index (χ0) is 24.2. The first-order valence-corrected chi connectivity index (χ1v) is 12.7. The number of hydrogen-bond acceptors (Lipinski definition) is 5. The molecule has 0 saturated heterocycles. The van der Waals surface area contributed by atoms with E-state index in [1.54, 1.807) is 0 Å². The van der Waals surface area contributed by atoms with Crippen molar-refractivity contribution in [3.63, 3.8) is 0 Å². The van der Waals surface area contributed by atoms with Crippen molar-refractivity contribution in [1.29, 1.82) is 0 Å². The Labute approximate surface area is 205 Å². The second kappa shape index (κ2) is 10.4. The highest BCUT2D eigenvalue weighted by molar-refractivity contribution is 5.78. The topological polar surface area (TPSA) is 94.3 Å². The molecular weight excluding hydrogens is 438 g/mol. The van der Waals surface area contributed by atoms with Crippen LogP contribution in [-0.2, 0) is 19.5 Å². The summed E-state index contributed by atoms with van der Waals surface area (Å²) in [5.74, 6) is 1.23. The van der Waals surface area contributed by atoms with Gasteiger partial charge < -0.3 is 0 Å². The molecule has 3 aromatic heterocycles. The molecule has 1 aliphatic rings. The van der Waals surface area contributed by atoms with Crippen molar-refractivity contribution >= 4 is 0 Å². The van der Waals surface area contributed by atoms with E-state index >= 15 is 0 Å². The van der Waals surface area contributed by atoms with Gasteiger partial charge >= 0.3 is 5.69 Å². The molecule has 1 aromatic carbocycles. The Kier molecular flexibility index (Phi) is 6.88. The van der Waals surface area contributed by atoms with Crippen LogP contribution in [0.5, 0.6) is 0 Å². The van der Waals surface area contributed by atoms with Gasteiger partial charge in [0.25, 0.3) is 0 Å². The Hall–Kier alpha value is -3.55. The lowest BCUT2D eigenvalue weighted by molar-refractivity contribution is 0.313. The van der Waals surface area contributed by atoms with E-state index in [4.69, 9.17) is 4.98 Å². The molecule has 35 heavy (non-hydrogen) atoms. The summed E-state index contributed by atoms with van der Waals surface area (Å²) >= 11 is 0. The van der Waals surface area contributed by atoms with Gasteiger partial charge in [-0.25, -0.2) is 9.89 Å². The van der Waals surface area contributed by atoms with Gasteiger partial charge in [0.1, 0.15) is 0 Å². The standard InChI is InChI=1S/C27H33N7O/c1-3-9-25-19(2)33(17-20-10-5-4-6-11-20)27(35)34(25)18-21-14-15-24(28-16-21)22-12-7-8-13-23(22)26-29-31-32-30-26/h7-8,12-16,20H,3-6,9-11,17-18H2,1-2H3,(H,29,30,31,32). The minimum atomic E-state index is 0.115. The summed E-state index contributed by atoms with van der Waals surface area (Å²) in [6.07, 6.45) is 10.2. The molecule has 1 saturated carbocycles. The van der Waals surface area contributed by atoms with E-state index in [1.807, 2.05) is 45.7 Å². The third kappa shape index (κ3) is 4.83. The molecule has 182 valence electrons. The van der Waals surface area contributed by atoms with Gasteiger partial charge in [-0.05, 0) is 54.2 Å². The highest BCUT2D eigenvalue weighted by Crippen LogP contribution is 2.29. The molecule has 0 unspecified atom stereocenters. The third-order valence-electron chi connectivity index (χ3n) is 7.23. The predicted molar refractivity (Wildman–Crippen MR) is 136 cm³/mol. The van der Waals surface area contributed by atoms with Gasteiger partial charge in [-0.1, -0.05) is 62.9 Å². The van der Waals surface area contributed by atoms with Crippen molar-refractivity contribution in [1.82, 2.24) is 34.7 Å². The van der Waals surface area contributed by atoms with E-state index in [1.165, 1.54) is 32.1 Å². The number of benzene rings is 1. The van der Waals surface area contributed by atoms with Gasteiger partial charge in [0.15, 0.2) is 5.82 Å². The Morgan fingerprint density at radius 2 is 1.83 bits per heavy atom. The van der Waals surface area contributed by atoms with Gasteiger partial charge in [0.05, 0.1) is 12.2 Å². The van der Waals surface area contributed by atoms with Crippen LogP contribution >= 0.6 is 0 Å². The van der Waals surface area contributed by atoms with Crippen molar-refractivity contribution in [2.24, 2.45) is 5.92 Å². The number of nitrogens with one attached hydrogen (secondary N) is 1. The zero-order valence-corrected chi connectivity index (χ0v) is 20.6. The van der Waals surface area contributed by atoms with Crippen LogP contribution in [0.1, 0.15) is 62.4 Å². The van der Waals surface area contributed by atoms with Crippen LogP contribution in [0.15, 0.2) is 47.4 Å². The molecule has 4 aromatic rings. The van der Waals surface area contributed by atoms with Crippen molar-refractivity contribution in [2.75, 3.05) is 0 Å². The maximum Gasteiger partial charge on any atom is 0.328 e. The van der Waals surface area contributed by atoms with E-state index in [0.29, 0.717) is 18.3 Å². The van der Waals surface area contributed by atoms with Crippen LogP contribution in [0.25, 0.3) is 22.6 Å². The number of tetrazole rings is 1. The minimum Gasteiger partial charge on any atom is -0.296 e. The maximum atomic E-state index is 13.5. The van der Waals surface area contributed by atoms with Gasteiger partial charge in [0, 0.05) is 35.3 Å². The van der Waals surface area contributed by atoms with Gasteiger partial charge in [-0.15, -0.1) is 5.10 Å². The first-order valence-electron chi connectivity index (χ1n) is 12.7. The van der Waals surface area contributed by atoms with Crippen molar-refractivity contribution in [2.45, 2.75) is 71.9 Å².